The molecular weight excluding hydrogens is 316 g/mol. The summed E-state index contributed by atoms with van der Waals surface area (Å²) < 4.78 is 5.56. The van der Waals surface area contributed by atoms with Crippen molar-refractivity contribution >= 4 is 11.9 Å². The van der Waals surface area contributed by atoms with Gasteiger partial charge in [-0.3, -0.25) is 4.79 Å². The Bertz CT molecular complexity index is 600. The third kappa shape index (κ3) is 6.16. The van der Waals surface area contributed by atoms with Crippen LogP contribution < -0.4 is 5.32 Å². The van der Waals surface area contributed by atoms with Crippen molar-refractivity contribution in [2.24, 2.45) is 0 Å². The third-order valence-electron chi connectivity index (χ3n) is 4.18. The first kappa shape index (κ1) is 21.2. The molecule has 5 heteroatoms. The molecule has 25 heavy (non-hydrogen) atoms. The lowest BCUT2D eigenvalue weighted by Crippen LogP contribution is -2.57. The van der Waals surface area contributed by atoms with Gasteiger partial charge in [-0.05, 0) is 54.2 Å². The third-order valence-corrected chi connectivity index (χ3v) is 4.18. The Kier molecular flexibility index (Phi) is 6.77. The molecule has 0 aliphatic carbocycles. The minimum Gasteiger partial charge on any atom is -0.458 e. The van der Waals surface area contributed by atoms with E-state index in [1.54, 1.807) is 27.9 Å². The second-order valence-electron chi connectivity index (χ2n) is 8.03. The monoisotopic (exact) mass is 348 g/mol. The number of esters is 1. The highest BCUT2D eigenvalue weighted by molar-refractivity contribution is 5.90. The largest absolute Gasteiger partial charge is 0.458 e. The molecule has 1 aromatic rings. The second kappa shape index (κ2) is 8.00. The van der Waals surface area contributed by atoms with Crippen molar-refractivity contribution in [3.63, 3.8) is 0 Å². The van der Waals surface area contributed by atoms with E-state index in [1.165, 1.54) is 4.90 Å². The molecular formula is C20H32N2O3. The molecule has 0 saturated carbocycles. The van der Waals surface area contributed by atoms with Gasteiger partial charge >= 0.3 is 5.97 Å². The Morgan fingerprint density at radius 3 is 2.08 bits per heavy atom. The zero-order valence-electron chi connectivity index (χ0n) is 16.8. The Labute approximate surface area is 151 Å². The minimum atomic E-state index is -0.762. The average Bonchev–Trinajstić information content (AvgIpc) is 2.51. The average molecular weight is 348 g/mol. The number of nitrogens with one attached hydrogen (secondary N) is 1. The molecule has 1 N–H and O–H groups in total. The molecule has 0 spiro atoms. The van der Waals surface area contributed by atoms with Crippen molar-refractivity contribution in [3.8, 4) is 0 Å². The van der Waals surface area contributed by atoms with Gasteiger partial charge in [0.2, 0.25) is 5.91 Å². The lowest BCUT2D eigenvalue weighted by Gasteiger charge is -2.35. The molecule has 5 nitrogen and oxygen atoms in total. The fourth-order valence-corrected chi connectivity index (χ4v) is 2.38. The molecule has 140 valence electrons. The number of carbonyl (C=O) groups excluding carboxylic acids is 2. The van der Waals surface area contributed by atoms with Gasteiger partial charge in [-0.2, -0.15) is 0 Å². The van der Waals surface area contributed by atoms with Crippen LogP contribution in [0.3, 0.4) is 0 Å². The second-order valence-corrected chi connectivity index (χ2v) is 8.03. The summed E-state index contributed by atoms with van der Waals surface area (Å²) in [6.07, 6.45) is 0.414. The first-order chi connectivity index (χ1) is 11.4. The summed E-state index contributed by atoms with van der Waals surface area (Å²) in [5.74, 6) is -0.547. The Morgan fingerprint density at radius 2 is 1.64 bits per heavy atom. The van der Waals surface area contributed by atoms with E-state index in [0.29, 0.717) is 6.42 Å². The Hall–Kier alpha value is -1.88. The van der Waals surface area contributed by atoms with Gasteiger partial charge in [0.15, 0.2) is 0 Å². The quantitative estimate of drug-likeness (QED) is 0.803. The summed E-state index contributed by atoms with van der Waals surface area (Å²) in [4.78, 5) is 27.1. The molecule has 1 unspecified atom stereocenters. The summed E-state index contributed by atoms with van der Waals surface area (Å²) in [7, 11) is 3.39. The van der Waals surface area contributed by atoms with Crippen molar-refractivity contribution in [2.75, 3.05) is 14.1 Å². The van der Waals surface area contributed by atoms with Gasteiger partial charge in [0.1, 0.15) is 11.6 Å². The highest BCUT2D eigenvalue weighted by Crippen LogP contribution is 2.18. The standard InChI is InChI=1S/C20H32N2O3/c1-14-9-11-15(12-10-14)13-16(17(23)25-19(2,3)4)22(8)18(24)20(5,6)21-7/h9-12,16,21H,13H2,1-8H3. The topological polar surface area (TPSA) is 58.6 Å². The number of nitrogens with zero attached hydrogens (tertiary/aromatic N) is 1. The lowest BCUT2D eigenvalue weighted by molar-refractivity contribution is -0.165. The van der Waals surface area contributed by atoms with Crippen molar-refractivity contribution in [1.29, 1.82) is 0 Å². The normalized spacial score (nSPS) is 13.3. The van der Waals surface area contributed by atoms with E-state index in [4.69, 9.17) is 4.74 Å². The Morgan fingerprint density at radius 1 is 1.12 bits per heavy atom. The number of rotatable bonds is 6. The molecule has 0 saturated heterocycles. The van der Waals surface area contributed by atoms with E-state index in [9.17, 15) is 9.59 Å². The van der Waals surface area contributed by atoms with E-state index in [1.807, 2.05) is 52.0 Å². The fraction of sp³-hybridized carbons (Fsp3) is 0.600. The van der Waals surface area contributed by atoms with Crippen LogP contribution in [0.4, 0.5) is 0 Å². The van der Waals surface area contributed by atoms with Gasteiger partial charge in [-0.1, -0.05) is 29.8 Å². The molecule has 1 amide bonds. The zero-order valence-corrected chi connectivity index (χ0v) is 16.8. The van der Waals surface area contributed by atoms with E-state index in [2.05, 4.69) is 5.32 Å². The van der Waals surface area contributed by atoms with Crippen LogP contribution in [0.1, 0.15) is 45.7 Å². The summed E-state index contributed by atoms with van der Waals surface area (Å²) in [5.41, 5.74) is 0.773. The maximum atomic E-state index is 12.8. The molecule has 0 aromatic heterocycles. The van der Waals surface area contributed by atoms with Crippen molar-refractivity contribution in [2.45, 2.75) is 65.1 Å². The minimum absolute atomic E-state index is 0.155. The van der Waals surface area contributed by atoms with Gasteiger partial charge < -0.3 is 15.0 Å². The van der Waals surface area contributed by atoms with Crippen LogP contribution in [-0.4, -0.2) is 48.1 Å². The molecule has 0 fully saturated rings. The van der Waals surface area contributed by atoms with Crippen LogP contribution in [0.15, 0.2) is 24.3 Å². The summed E-state index contributed by atoms with van der Waals surface area (Å²) in [5, 5.41) is 2.99. The van der Waals surface area contributed by atoms with Crippen LogP contribution in [-0.2, 0) is 20.7 Å². The number of carbonyl (C=O) groups is 2. The van der Waals surface area contributed by atoms with Crippen molar-refractivity contribution in [1.82, 2.24) is 10.2 Å². The molecule has 0 bridgehead atoms. The fourth-order valence-electron chi connectivity index (χ4n) is 2.38. The van der Waals surface area contributed by atoms with Gasteiger partial charge in [0.25, 0.3) is 0 Å². The van der Waals surface area contributed by atoms with Crippen LogP contribution in [0.5, 0.6) is 0 Å². The maximum absolute atomic E-state index is 12.8. The summed E-state index contributed by atoms with van der Waals surface area (Å²) in [6.45, 7) is 11.1. The molecule has 1 aromatic carbocycles. The molecule has 0 heterocycles. The zero-order chi connectivity index (χ0) is 19.4. The summed E-state index contributed by atoms with van der Waals surface area (Å²) in [6, 6.07) is 7.28. The number of likely N-dealkylation sites (N-methyl/N-ethyl adjacent to an activating group) is 2. The predicted octanol–water partition coefficient (Wildman–Crippen LogP) is 2.70. The predicted molar refractivity (Wildman–Crippen MR) is 100 cm³/mol. The van der Waals surface area contributed by atoms with E-state index < -0.39 is 23.2 Å². The lowest BCUT2D eigenvalue weighted by atomic mass is 9.99. The smallest absolute Gasteiger partial charge is 0.329 e. The van der Waals surface area contributed by atoms with Gasteiger partial charge in [0.05, 0.1) is 5.54 Å². The number of ether oxygens (including phenoxy) is 1. The molecule has 0 aliphatic rings. The number of aryl methyl sites for hydroxylation is 1. The van der Waals surface area contributed by atoms with E-state index in [0.717, 1.165) is 11.1 Å². The van der Waals surface area contributed by atoms with Gasteiger partial charge in [-0.25, -0.2) is 4.79 Å². The maximum Gasteiger partial charge on any atom is 0.329 e. The molecule has 1 atom stereocenters. The van der Waals surface area contributed by atoms with Gasteiger partial charge in [0, 0.05) is 13.5 Å². The summed E-state index contributed by atoms with van der Waals surface area (Å²) >= 11 is 0. The van der Waals surface area contributed by atoms with E-state index >= 15 is 0 Å². The number of hydrogen-bond acceptors (Lipinski definition) is 4. The number of hydrogen-bond donors (Lipinski definition) is 1. The molecule has 1 rings (SSSR count). The molecule has 0 aliphatic heterocycles. The first-order valence-electron chi connectivity index (χ1n) is 8.62. The van der Waals surface area contributed by atoms with Crippen molar-refractivity contribution in [3.05, 3.63) is 35.4 Å². The first-order valence-corrected chi connectivity index (χ1v) is 8.62. The van der Waals surface area contributed by atoms with Crippen LogP contribution in [0.2, 0.25) is 0 Å². The highest BCUT2D eigenvalue weighted by atomic mass is 16.6. The van der Waals surface area contributed by atoms with Crippen LogP contribution in [0.25, 0.3) is 0 Å². The van der Waals surface area contributed by atoms with Gasteiger partial charge in [-0.15, -0.1) is 0 Å². The number of amides is 1. The van der Waals surface area contributed by atoms with Crippen LogP contribution >= 0.6 is 0 Å². The van der Waals surface area contributed by atoms with E-state index in [-0.39, 0.29) is 5.91 Å². The highest BCUT2D eigenvalue weighted by Gasteiger charge is 2.37. The Balaban J connectivity index is 3.11. The number of benzene rings is 1. The van der Waals surface area contributed by atoms with Crippen molar-refractivity contribution < 1.29 is 14.3 Å². The SMILES string of the molecule is CNC(C)(C)C(=O)N(C)C(Cc1ccc(C)cc1)C(=O)OC(C)(C)C. The molecule has 0 radical (unpaired) electrons. The van der Waals surface area contributed by atoms with Crippen LogP contribution in [0, 0.1) is 6.92 Å².